The van der Waals surface area contributed by atoms with Crippen molar-refractivity contribution in [2.75, 3.05) is 18.9 Å². The van der Waals surface area contributed by atoms with Gasteiger partial charge >= 0.3 is 12.0 Å². The third-order valence-electron chi connectivity index (χ3n) is 2.41. The van der Waals surface area contributed by atoms with Crippen molar-refractivity contribution in [2.24, 2.45) is 5.73 Å². The summed E-state index contributed by atoms with van der Waals surface area (Å²) < 4.78 is 0. The average molecular weight is 265 g/mol. The standard InChI is InChI=1S/C12H15N3O4/c1-15(6-5-10(16)17)12(19)14-9-4-2-3-8(7-9)11(13)18/h2-4,7H,5-6H2,1H3,(H2,13,18)(H,14,19)(H,16,17). The summed E-state index contributed by atoms with van der Waals surface area (Å²) in [5.74, 6) is -1.56. The summed E-state index contributed by atoms with van der Waals surface area (Å²) >= 11 is 0. The summed E-state index contributed by atoms with van der Waals surface area (Å²) in [6.45, 7) is 0.0939. The fourth-order valence-electron chi connectivity index (χ4n) is 1.33. The average Bonchev–Trinajstić information content (AvgIpc) is 2.36. The van der Waals surface area contributed by atoms with E-state index in [1.807, 2.05) is 0 Å². The smallest absolute Gasteiger partial charge is 0.321 e. The van der Waals surface area contributed by atoms with Crippen LogP contribution in [0.5, 0.6) is 0 Å². The number of carboxylic acids is 1. The number of hydrogen-bond donors (Lipinski definition) is 3. The molecule has 4 N–H and O–H groups in total. The van der Waals surface area contributed by atoms with Gasteiger partial charge in [0.25, 0.3) is 0 Å². The number of anilines is 1. The molecule has 0 spiro atoms. The number of benzene rings is 1. The van der Waals surface area contributed by atoms with Crippen LogP contribution in [0.2, 0.25) is 0 Å². The van der Waals surface area contributed by atoms with Gasteiger partial charge in [-0.3, -0.25) is 9.59 Å². The van der Waals surface area contributed by atoms with Crippen molar-refractivity contribution in [3.05, 3.63) is 29.8 Å². The molecule has 0 saturated carbocycles. The molecule has 0 saturated heterocycles. The third kappa shape index (κ3) is 4.66. The van der Waals surface area contributed by atoms with E-state index in [1.165, 1.54) is 24.1 Å². The summed E-state index contributed by atoms with van der Waals surface area (Å²) in [5, 5.41) is 11.1. The number of carbonyl (C=O) groups is 3. The summed E-state index contributed by atoms with van der Waals surface area (Å²) in [7, 11) is 1.48. The van der Waals surface area contributed by atoms with Crippen molar-refractivity contribution in [1.29, 1.82) is 0 Å². The lowest BCUT2D eigenvalue weighted by atomic mass is 10.2. The molecule has 19 heavy (non-hydrogen) atoms. The summed E-state index contributed by atoms with van der Waals surface area (Å²) in [6.07, 6.45) is -0.134. The molecule has 0 fully saturated rings. The van der Waals surface area contributed by atoms with E-state index in [0.717, 1.165) is 0 Å². The van der Waals surface area contributed by atoms with Crippen LogP contribution in [0, 0.1) is 0 Å². The Hall–Kier alpha value is -2.57. The number of primary amides is 1. The van der Waals surface area contributed by atoms with Crippen LogP contribution in [0.4, 0.5) is 10.5 Å². The summed E-state index contributed by atoms with van der Waals surface area (Å²) in [6, 6.07) is 5.72. The van der Waals surface area contributed by atoms with E-state index in [2.05, 4.69) is 5.32 Å². The monoisotopic (exact) mass is 265 g/mol. The second-order valence-corrected chi connectivity index (χ2v) is 3.94. The van der Waals surface area contributed by atoms with Crippen LogP contribution in [-0.4, -0.2) is 41.5 Å². The molecule has 0 aliphatic carbocycles. The summed E-state index contributed by atoms with van der Waals surface area (Å²) in [4.78, 5) is 34.3. The minimum absolute atomic E-state index is 0.0939. The highest BCUT2D eigenvalue weighted by atomic mass is 16.4. The minimum Gasteiger partial charge on any atom is -0.481 e. The van der Waals surface area contributed by atoms with Gasteiger partial charge in [0.1, 0.15) is 0 Å². The number of nitrogens with two attached hydrogens (primary N) is 1. The van der Waals surface area contributed by atoms with Crippen LogP contribution in [0.3, 0.4) is 0 Å². The summed E-state index contributed by atoms with van der Waals surface area (Å²) in [5.41, 5.74) is 5.83. The Labute approximate surface area is 110 Å². The molecule has 0 heterocycles. The molecule has 0 aromatic heterocycles. The van der Waals surface area contributed by atoms with Gasteiger partial charge < -0.3 is 21.1 Å². The SMILES string of the molecule is CN(CCC(=O)O)C(=O)Nc1cccc(C(N)=O)c1. The Morgan fingerprint density at radius 2 is 2.05 bits per heavy atom. The third-order valence-corrected chi connectivity index (χ3v) is 2.41. The molecule has 1 aromatic rings. The number of nitrogens with one attached hydrogen (secondary N) is 1. The molecule has 1 aromatic carbocycles. The first-order valence-corrected chi connectivity index (χ1v) is 5.54. The van der Waals surface area contributed by atoms with Gasteiger partial charge in [-0.1, -0.05) is 6.07 Å². The zero-order chi connectivity index (χ0) is 14.4. The second-order valence-electron chi connectivity index (χ2n) is 3.94. The first kappa shape index (κ1) is 14.5. The van der Waals surface area contributed by atoms with Crippen LogP contribution in [-0.2, 0) is 4.79 Å². The van der Waals surface area contributed by atoms with E-state index in [4.69, 9.17) is 10.8 Å². The molecule has 0 radical (unpaired) electrons. The van der Waals surface area contributed by atoms with E-state index in [0.29, 0.717) is 5.69 Å². The van der Waals surface area contributed by atoms with E-state index >= 15 is 0 Å². The molecule has 7 heteroatoms. The Kier molecular flexibility index (Phi) is 4.87. The maximum atomic E-state index is 11.7. The van der Waals surface area contributed by atoms with Gasteiger partial charge in [0.15, 0.2) is 0 Å². The Bertz CT molecular complexity index is 502. The molecular weight excluding hydrogens is 250 g/mol. The van der Waals surface area contributed by atoms with Gasteiger partial charge in [-0.2, -0.15) is 0 Å². The predicted octanol–water partition coefficient (Wildman–Crippen LogP) is 0.724. The van der Waals surface area contributed by atoms with Gasteiger partial charge in [-0.05, 0) is 18.2 Å². The molecule has 3 amide bonds. The van der Waals surface area contributed by atoms with E-state index in [1.54, 1.807) is 12.1 Å². The lowest BCUT2D eigenvalue weighted by molar-refractivity contribution is -0.137. The van der Waals surface area contributed by atoms with Crippen molar-refractivity contribution in [2.45, 2.75) is 6.42 Å². The first-order chi connectivity index (χ1) is 8.90. The largest absolute Gasteiger partial charge is 0.481 e. The predicted molar refractivity (Wildman–Crippen MR) is 68.9 cm³/mol. The van der Waals surface area contributed by atoms with Crippen molar-refractivity contribution in [3.8, 4) is 0 Å². The number of nitrogens with zero attached hydrogens (tertiary/aromatic N) is 1. The second kappa shape index (κ2) is 6.39. The molecule has 0 unspecified atom stereocenters. The fourth-order valence-corrected chi connectivity index (χ4v) is 1.33. The zero-order valence-corrected chi connectivity index (χ0v) is 10.4. The maximum Gasteiger partial charge on any atom is 0.321 e. The molecule has 0 bridgehead atoms. The van der Waals surface area contributed by atoms with Crippen LogP contribution < -0.4 is 11.1 Å². The van der Waals surface area contributed by atoms with Crippen molar-refractivity contribution < 1.29 is 19.5 Å². The van der Waals surface area contributed by atoms with Crippen LogP contribution in [0.1, 0.15) is 16.8 Å². The van der Waals surface area contributed by atoms with E-state index < -0.39 is 17.9 Å². The molecule has 102 valence electrons. The highest BCUT2D eigenvalue weighted by Crippen LogP contribution is 2.10. The number of carbonyl (C=O) groups excluding carboxylic acids is 2. The number of aliphatic carboxylic acids is 1. The fraction of sp³-hybridized carbons (Fsp3) is 0.250. The van der Waals surface area contributed by atoms with Crippen LogP contribution >= 0.6 is 0 Å². The molecule has 0 atom stereocenters. The van der Waals surface area contributed by atoms with Gasteiger partial charge in [-0.15, -0.1) is 0 Å². The first-order valence-electron chi connectivity index (χ1n) is 5.54. The topological polar surface area (TPSA) is 113 Å². The lowest BCUT2D eigenvalue weighted by Gasteiger charge is -2.17. The van der Waals surface area contributed by atoms with Crippen molar-refractivity contribution in [3.63, 3.8) is 0 Å². The lowest BCUT2D eigenvalue weighted by Crippen LogP contribution is -2.33. The van der Waals surface area contributed by atoms with Gasteiger partial charge in [-0.25, -0.2) is 4.79 Å². The number of amides is 3. The number of carboxylic acid groups (broad SMARTS) is 1. The molecular formula is C12H15N3O4. The molecule has 0 aliphatic rings. The van der Waals surface area contributed by atoms with Crippen LogP contribution in [0.25, 0.3) is 0 Å². The Morgan fingerprint density at radius 3 is 2.63 bits per heavy atom. The highest BCUT2D eigenvalue weighted by Gasteiger charge is 2.11. The maximum absolute atomic E-state index is 11.7. The zero-order valence-electron chi connectivity index (χ0n) is 10.4. The van der Waals surface area contributed by atoms with Gasteiger partial charge in [0.2, 0.25) is 5.91 Å². The van der Waals surface area contributed by atoms with Gasteiger partial charge in [0, 0.05) is 24.8 Å². The Balaban J connectivity index is 2.63. The Morgan fingerprint density at radius 1 is 1.37 bits per heavy atom. The normalized spacial score (nSPS) is 9.74. The molecule has 0 aliphatic heterocycles. The van der Waals surface area contributed by atoms with Crippen LogP contribution in [0.15, 0.2) is 24.3 Å². The minimum atomic E-state index is -0.977. The number of hydrogen-bond acceptors (Lipinski definition) is 3. The number of rotatable bonds is 5. The van der Waals surface area contributed by atoms with E-state index in [-0.39, 0.29) is 18.5 Å². The molecule has 1 rings (SSSR count). The van der Waals surface area contributed by atoms with Crippen molar-refractivity contribution in [1.82, 2.24) is 4.90 Å². The van der Waals surface area contributed by atoms with Gasteiger partial charge in [0.05, 0.1) is 6.42 Å². The van der Waals surface area contributed by atoms with E-state index in [9.17, 15) is 14.4 Å². The molecule has 7 nitrogen and oxygen atoms in total. The van der Waals surface area contributed by atoms with Crippen molar-refractivity contribution >= 4 is 23.6 Å². The number of urea groups is 1. The quantitative estimate of drug-likeness (QED) is 0.728. The highest BCUT2D eigenvalue weighted by molar-refractivity contribution is 5.95.